The molecular weight excluding hydrogens is 256 g/mol. The summed E-state index contributed by atoms with van der Waals surface area (Å²) in [6.07, 6.45) is 1.60. The number of nitrogens with one attached hydrogen (secondary N) is 1. The number of ether oxygens (including phenoxy) is 2. The van der Waals surface area contributed by atoms with E-state index in [0.717, 1.165) is 24.3 Å². The van der Waals surface area contributed by atoms with Crippen molar-refractivity contribution in [1.82, 2.24) is 5.32 Å². The summed E-state index contributed by atoms with van der Waals surface area (Å²) in [5.74, 6) is 1.36. The number of para-hydroxylation sites is 2. The molecular formula is C15H22N2O3. The fraction of sp³-hybridized carbons (Fsp3) is 0.533. The van der Waals surface area contributed by atoms with E-state index in [1.807, 2.05) is 31.2 Å². The molecule has 0 radical (unpaired) electrons. The summed E-state index contributed by atoms with van der Waals surface area (Å²) >= 11 is 0. The maximum atomic E-state index is 12.0. The van der Waals surface area contributed by atoms with Crippen molar-refractivity contribution in [2.45, 2.75) is 25.9 Å². The molecule has 5 nitrogen and oxygen atoms in total. The van der Waals surface area contributed by atoms with E-state index in [2.05, 4.69) is 5.32 Å². The monoisotopic (exact) mass is 278 g/mol. The minimum atomic E-state index is -0.158. The van der Waals surface area contributed by atoms with E-state index >= 15 is 0 Å². The van der Waals surface area contributed by atoms with Crippen LogP contribution in [0.5, 0.6) is 11.5 Å². The highest BCUT2D eigenvalue weighted by Crippen LogP contribution is 2.30. The van der Waals surface area contributed by atoms with E-state index in [0.29, 0.717) is 19.7 Å². The van der Waals surface area contributed by atoms with Gasteiger partial charge in [-0.1, -0.05) is 25.5 Å². The molecule has 1 heterocycles. The molecule has 0 fully saturated rings. The van der Waals surface area contributed by atoms with Gasteiger partial charge in [0.25, 0.3) is 0 Å². The number of benzene rings is 1. The zero-order valence-electron chi connectivity index (χ0n) is 11.8. The van der Waals surface area contributed by atoms with E-state index in [9.17, 15) is 4.79 Å². The van der Waals surface area contributed by atoms with Crippen molar-refractivity contribution < 1.29 is 14.3 Å². The molecule has 2 rings (SSSR count). The van der Waals surface area contributed by atoms with E-state index < -0.39 is 0 Å². The molecule has 5 heteroatoms. The summed E-state index contributed by atoms with van der Waals surface area (Å²) < 4.78 is 11.4. The van der Waals surface area contributed by atoms with Gasteiger partial charge in [0.15, 0.2) is 11.5 Å². The van der Waals surface area contributed by atoms with Crippen LogP contribution in [0.2, 0.25) is 0 Å². The molecule has 0 saturated heterocycles. The Morgan fingerprint density at radius 2 is 2.20 bits per heavy atom. The zero-order valence-corrected chi connectivity index (χ0v) is 11.8. The van der Waals surface area contributed by atoms with Crippen LogP contribution in [-0.4, -0.2) is 31.7 Å². The van der Waals surface area contributed by atoms with Gasteiger partial charge in [-0.15, -0.1) is 0 Å². The van der Waals surface area contributed by atoms with Gasteiger partial charge in [0, 0.05) is 6.54 Å². The predicted octanol–water partition coefficient (Wildman–Crippen LogP) is 1.32. The molecule has 0 aromatic heterocycles. The maximum absolute atomic E-state index is 12.0. The number of nitrogens with two attached hydrogens (primary N) is 1. The smallest absolute Gasteiger partial charge is 0.224 e. The number of amides is 1. The Kier molecular flexibility index (Phi) is 5.24. The van der Waals surface area contributed by atoms with Crippen molar-refractivity contribution >= 4 is 5.91 Å². The molecule has 1 aliphatic heterocycles. The summed E-state index contributed by atoms with van der Waals surface area (Å²) in [5, 5.41) is 2.90. The van der Waals surface area contributed by atoms with Gasteiger partial charge in [0.2, 0.25) is 5.91 Å². The normalized spacial score (nSPS) is 18.4. The minimum absolute atomic E-state index is 0.00295. The van der Waals surface area contributed by atoms with Crippen molar-refractivity contribution in [3.8, 4) is 11.5 Å². The number of carbonyl (C=O) groups is 1. The van der Waals surface area contributed by atoms with E-state index in [-0.39, 0.29) is 17.9 Å². The molecule has 1 aromatic rings. The molecule has 2 unspecified atom stereocenters. The quantitative estimate of drug-likeness (QED) is 0.823. The molecule has 0 spiro atoms. The lowest BCUT2D eigenvalue weighted by Crippen LogP contribution is -2.43. The average Bonchev–Trinajstić information content (AvgIpc) is 2.50. The third-order valence-corrected chi connectivity index (χ3v) is 3.36. The Morgan fingerprint density at radius 3 is 2.90 bits per heavy atom. The van der Waals surface area contributed by atoms with E-state index in [4.69, 9.17) is 15.2 Å². The first kappa shape index (κ1) is 14.7. The molecule has 0 saturated carbocycles. The Bertz CT molecular complexity index is 450. The lowest BCUT2D eigenvalue weighted by Gasteiger charge is -2.27. The van der Waals surface area contributed by atoms with Crippen LogP contribution in [0.25, 0.3) is 0 Å². The van der Waals surface area contributed by atoms with Crippen molar-refractivity contribution in [2.75, 3.05) is 19.7 Å². The van der Waals surface area contributed by atoms with E-state index in [1.54, 1.807) is 0 Å². The van der Waals surface area contributed by atoms with Crippen molar-refractivity contribution in [1.29, 1.82) is 0 Å². The molecule has 0 aliphatic carbocycles. The third-order valence-electron chi connectivity index (χ3n) is 3.36. The summed E-state index contributed by atoms with van der Waals surface area (Å²) in [6.45, 7) is 3.31. The molecule has 20 heavy (non-hydrogen) atoms. The van der Waals surface area contributed by atoms with Crippen LogP contribution in [-0.2, 0) is 4.79 Å². The highest BCUT2D eigenvalue weighted by Gasteiger charge is 2.22. The maximum Gasteiger partial charge on any atom is 0.224 e. The van der Waals surface area contributed by atoms with Gasteiger partial charge in [-0.25, -0.2) is 0 Å². The molecule has 2 atom stereocenters. The lowest BCUT2D eigenvalue weighted by atomic mass is 10.0. The fourth-order valence-corrected chi connectivity index (χ4v) is 2.23. The van der Waals surface area contributed by atoms with Crippen LogP contribution in [0.4, 0.5) is 0 Å². The number of rotatable bonds is 6. The van der Waals surface area contributed by atoms with Crippen LogP contribution in [0, 0.1) is 5.92 Å². The van der Waals surface area contributed by atoms with Gasteiger partial charge < -0.3 is 20.5 Å². The zero-order chi connectivity index (χ0) is 14.4. The Hall–Kier alpha value is -1.75. The molecule has 1 aromatic carbocycles. The highest BCUT2D eigenvalue weighted by molar-refractivity contribution is 5.78. The molecule has 1 amide bonds. The average molecular weight is 278 g/mol. The first-order valence-electron chi connectivity index (χ1n) is 7.10. The fourth-order valence-electron chi connectivity index (χ4n) is 2.23. The van der Waals surface area contributed by atoms with Gasteiger partial charge >= 0.3 is 0 Å². The van der Waals surface area contributed by atoms with Crippen molar-refractivity contribution in [3.63, 3.8) is 0 Å². The SMILES string of the molecule is CCCC(CN)C(=O)NCC1COc2ccccc2O1. The molecule has 3 N–H and O–H groups in total. The van der Waals surface area contributed by atoms with Crippen LogP contribution in [0.15, 0.2) is 24.3 Å². The standard InChI is InChI=1S/C15H22N2O3/c1-2-5-11(8-16)15(18)17-9-12-10-19-13-6-3-4-7-14(13)20-12/h3-4,6-7,11-12H,2,5,8-10,16H2,1H3,(H,17,18). The summed E-state index contributed by atoms with van der Waals surface area (Å²) in [4.78, 5) is 12.0. The number of fused-ring (bicyclic) bond motifs is 1. The lowest BCUT2D eigenvalue weighted by molar-refractivity contribution is -0.125. The van der Waals surface area contributed by atoms with Gasteiger partial charge in [0.05, 0.1) is 12.5 Å². The van der Waals surface area contributed by atoms with Crippen LogP contribution < -0.4 is 20.5 Å². The van der Waals surface area contributed by atoms with Gasteiger partial charge in [0.1, 0.15) is 12.7 Å². The Balaban J connectivity index is 1.82. The predicted molar refractivity (Wildman–Crippen MR) is 76.8 cm³/mol. The minimum Gasteiger partial charge on any atom is -0.486 e. The summed E-state index contributed by atoms with van der Waals surface area (Å²) in [6, 6.07) is 7.54. The number of hydrogen-bond donors (Lipinski definition) is 2. The van der Waals surface area contributed by atoms with E-state index in [1.165, 1.54) is 0 Å². The molecule has 1 aliphatic rings. The van der Waals surface area contributed by atoms with Gasteiger partial charge in [-0.2, -0.15) is 0 Å². The highest BCUT2D eigenvalue weighted by atomic mass is 16.6. The summed E-state index contributed by atoms with van der Waals surface area (Å²) in [7, 11) is 0. The Morgan fingerprint density at radius 1 is 1.45 bits per heavy atom. The first-order valence-corrected chi connectivity index (χ1v) is 7.10. The topological polar surface area (TPSA) is 73.6 Å². The third kappa shape index (κ3) is 3.63. The second-order valence-corrected chi connectivity index (χ2v) is 4.96. The van der Waals surface area contributed by atoms with Crippen LogP contribution >= 0.6 is 0 Å². The second-order valence-electron chi connectivity index (χ2n) is 4.96. The van der Waals surface area contributed by atoms with Gasteiger partial charge in [-0.3, -0.25) is 4.79 Å². The second kappa shape index (κ2) is 7.14. The molecule has 110 valence electrons. The Labute approximate surface area is 119 Å². The summed E-state index contributed by atoms with van der Waals surface area (Å²) in [5.41, 5.74) is 5.61. The largest absolute Gasteiger partial charge is 0.486 e. The molecule has 0 bridgehead atoms. The van der Waals surface area contributed by atoms with Crippen LogP contribution in [0.1, 0.15) is 19.8 Å². The van der Waals surface area contributed by atoms with Crippen molar-refractivity contribution in [3.05, 3.63) is 24.3 Å². The number of hydrogen-bond acceptors (Lipinski definition) is 4. The van der Waals surface area contributed by atoms with Crippen LogP contribution in [0.3, 0.4) is 0 Å². The number of carbonyl (C=O) groups excluding carboxylic acids is 1. The van der Waals surface area contributed by atoms with Gasteiger partial charge in [-0.05, 0) is 18.6 Å². The first-order chi connectivity index (χ1) is 9.74. The van der Waals surface area contributed by atoms with Crippen molar-refractivity contribution in [2.24, 2.45) is 11.7 Å².